The van der Waals surface area contributed by atoms with Gasteiger partial charge in [-0.1, -0.05) is 88.8 Å². The Morgan fingerprint density at radius 2 is 1.45 bits per heavy atom. The monoisotopic (exact) mass is 400 g/mol. The van der Waals surface area contributed by atoms with Crippen LogP contribution in [0, 0.1) is 29.6 Å². The molecule has 0 heteroatoms. The van der Waals surface area contributed by atoms with Gasteiger partial charge in [-0.2, -0.15) is 0 Å². The van der Waals surface area contributed by atoms with Crippen LogP contribution in [0.5, 0.6) is 0 Å². The molecule has 0 N–H and O–H groups in total. The lowest BCUT2D eigenvalue weighted by Gasteiger charge is -2.49. The van der Waals surface area contributed by atoms with Crippen LogP contribution in [0.1, 0.15) is 120 Å². The minimum atomic E-state index is 0.649. The Hall–Kier alpha value is -0.780. The Bertz CT molecular complexity index is 549. The summed E-state index contributed by atoms with van der Waals surface area (Å²) >= 11 is 0. The van der Waals surface area contributed by atoms with E-state index in [0.29, 0.717) is 5.92 Å². The third kappa shape index (κ3) is 7.76. The standard InChI is InChI=1S/C29H52/c1-10-13-14-18-28(19-16-15-17-22(5)21(4)11-2)27(12-3)20-23(6)29-25(8)24(7)26(29)9/h19-20,24-27,29H,10-18H2,1-9H3. The molecule has 168 valence electrons. The first kappa shape index (κ1) is 26.3. The second kappa shape index (κ2) is 13.5. The third-order valence-electron chi connectivity index (χ3n) is 8.19. The minimum absolute atomic E-state index is 0.649. The molecule has 1 rings (SSSR count). The van der Waals surface area contributed by atoms with Crippen molar-refractivity contribution in [2.24, 2.45) is 29.6 Å². The largest absolute Gasteiger partial charge is 0.0847 e. The highest BCUT2D eigenvalue weighted by atomic mass is 14.5. The molecule has 0 radical (unpaired) electrons. The lowest BCUT2D eigenvalue weighted by Crippen LogP contribution is -2.42. The fraction of sp³-hybridized carbons (Fsp3) is 0.793. The highest BCUT2D eigenvalue weighted by molar-refractivity contribution is 5.21. The van der Waals surface area contributed by atoms with Gasteiger partial charge in [-0.25, -0.2) is 0 Å². The van der Waals surface area contributed by atoms with Crippen LogP contribution >= 0.6 is 0 Å². The summed E-state index contributed by atoms with van der Waals surface area (Å²) in [5.41, 5.74) is 6.58. The zero-order valence-corrected chi connectivity index (χ0v) is 21.4. The van der Waals surface area contributed by atoms with Gasteiger partial charge in [0.1, 0.15) is 0 Å². The molecule has 0 heterocycles. The summed E-state index contributed by atoms with van der Waals surface area (Å²) in [4.78, 5) is 0. The normalized spacial score (nSPS) is 27.5. The van der Waals surface area contributed by atoms with Gasteiger partial charge >= 0.3 is 0 Å². The van der Waals surface area contributed by atoms with E-state index >= 15 is 0 Å². The van der Waals surface area contributed by atoms with Crippen molar-refractivity contribution in [3.63, 3.8) is 0 Å². The quantitative estimate of drug-likeness (QED) is 0.213. The van der Waals surface area contributed by atoms with Gasteiger partial charge < -0.3 is 0 Å². The van der Waals surface area contributed by atoms with E-state index in [9.17, 15) is 0 Å². The Morgan fingerprint density at radius 1 is 0.793 bits per heavy atom. The smallest absolute Gasteiger partial charge is 0.00232 e. The summed E-state index contributed by atoms with van der Waals surface area (Å²) in [6.07, 6.45) is 16.9. The Kier molecular flexibility index (Phi) is 12.2. The molecule has 0 aromatic heterocycles. The van der Waals surface area contributed by atoms with E-state index in [-0.39, 0.29) is 0 Å². The second-order valence-corrected chi connectivity index (χ2v) is 10.1. The topological polar surface area (TPSA) is 0 Å². The number of hydrogen-bond acceptors (Lipinski definition) is 0. The van der Waals surface area contributed by atoms with E-state index in [0.717, 1.165) is 23.7 Å². The van der Waals surface area contributed by atoms with E-state index in [2.05, 4.69) is 74.5 Å². The zero-order chi connectivity index (χ0) is 22.0. The number of allylic oxidation sites excluding steroid dienone is 6. The summed E-state index contributed by atoms with van der Waals surface area (Å²) in [5.74, 6) is 4.04. The first-order chi connectivity index (χ1) is 13.8. The van der Waals surface area contributed by atoms with E-state index in [1.807, 2.05) is 0 Å². The predicted molar refractivity (Wildman–Crippen MR) is 133 cm³/mol. The first-order valence-corrected chi connectivity index (χ1v) is 12.8. The van der Waals surface area contributed by atoms with Gasteiger partial charge in [-0.15, -0.1) is 0 Å². The molecule has 0 saturated heterocycles. The zero-order valence-electron chi connectivity index (χ0n) is 21.4. The van der Waals surface area contributed by atoms with Crippen LogP contribution in [0.2, 0.25) is 0 Å². The molecule has 3 atom stereocenters. The summed E-state index contributed by atoms with van der Waals surface area (Å²) in [5, 5.41) is 0. The molecule has 0 aromatic rings. The molecule has 1 saturated carbocycles. The van der Waals surface area contributed by atoms with Crippen molar-refractivity contribution in [2.45, 2.75) is 120 Å². The van der Waals surface area contributed by atoms with Crippen molar-refractivity contribution in [1.82, 2.24) is 0 Å². The Balaban J connectivity index is 2.85. The molecule has 1 fully saturated rings. The van der Waals surface area contributed by atoms with Crippen LogP contribution in [0.15, 0.2) is 34.4 Å². The fourth-order valence-corrected chi connectivity index (χ4v) is 5.40. The van der Waals surface area contributed by atoms with Gasteiger partial charge in [-0.05, 0) is 95.3 Å². The summed E-state index contributed by atoms with van der Waals surface area (Å²) < 4.78 is 0. The van der Waals surface area contributed by atoms with Crippen molar-refractivity contribution < 1.29 is 0 Å². The van der Waals surface area contributed by atoms with E-state index in [1.54, 1.807) is 22.3 Å². The molecule has 0 aromatic carbocycles. The highest BCUT2D eigenvalue weighted by Crippen LogP contribution is 2.49. The van der Waals surface area contributed by atoms with Crippen LogP contribution in [0.25, 0.3) is 0 Å². The predicted octanol–water partition coefficient (Wildman–Crippen LogP) is 9.92. The van der Waals surface area contributed by atoms with Crippen molar-refractivity contribution in [2.75, 3.05) is 0 Å². The summed E-state index contributed by atoms with van der Waals surface area (Å²) in [6, 6.07) is 0. The van der Waals surface area contributed by atoms with Gasteiger partial charge in [0.25, 0.3) is 0 Å². The van der Waals surface area contributed by atoms with Crippen LogP contribution in [-0.4, -0.2) is 0 Å². The molecule has 0 aliphatic heterocycles. The van der Waals surface area contributed by atoms with Crippen LogP contribution in [0.4, 0.5) is 0 Å². The molecular weight excluding hydrogens is 348 g/mol. The van der Waals surface area contributed by atoms with Gasteiger partial charge in [0.2, 0.25) is 0 Å². The average Bonchev–Trinajstić information content (AvgIpc) is 2.72. The maximum Gasteiger partial charge on any atom is -0.00232 e. The molecule has 0 nitrogen and oxygen atoms in total. The van der Waals surface area contributed by atoms with Gasteiger partial charge in [0, 0.05) is 0 Å². The number of unbranched alkanes of at least 4 members (excludes halogenated alkanes) is 3. The first-order valence-electron chi connectivity index (χ1n) is 12.8. The van der Waals surface area contributed by atoms with Gasteiger partial charge in [0.05, 0.1) is 0 Å². The Morgan fingerprint density at radius 3 is 2.00 bits per heavy atom. The third-order valence-corrected chi connectivity index (χ3v) is 8.19. The lowest BCUT2D eigenvalue weighted by atomic mass is 9.56. The van der Waals surface area contributed by atoms with Crippen LogP contribution in [0.3, 0.4) is 0 Å². The molecule has 1 aliphatic rings. The van der Waals surface area contributed by atoms with E-state index < -0.39 is 0 Å². The molecule has 0 amide bonds. The molecular formula is C29H52. The van der Waals surface area contributed by atoms with Crippen molar-refractivity contribution in [3.05, 3.63) is 34.4 Å². The minimum Gasteiger partial charge on any atom is -0.0847 e. The average molecular weight is 401 g/mol. The van der Waals surface area contributed by atoms with Crippen molar-refractivity contribution in [3.8, 4) is 0 Å². The highest BCUT2D eigenvalue weighted by Gasteiger charge is 2.42. The fourth-order valence-electron chi connectivity index (χ4n) is 5.40. The van der Waals surface area contributed by atoms with Crippen molar-refractivity contribution in [1.29, 1.82) is 0 Å². The summed E-state index contributed by atoms with van der Waals surface area (Å²) in [7, 11) is 0. The lowest BCUT2D eigenvalue weighted by molar-refractivity contribution is 0.0429. The molecule has 29 heavy (non-hydrogen) atoms. The maximum atomic E-state index is 2.66. The van der Waals surface area contributed by atoms with E-state index in [1.165, 1.54) is 57.8 Å². The number of rotatable bonds is 13. The molecule has 1 aliphatic carbocycles. The number of hydrogen-bond donors (Lipinski definition) is 0. The molecule has 0 spiro atoms. The molecule has 3 unspecified atom stereocenters. The van der Waals surface area contributed by atoms with E-state index in [4.69, 9.17) is 0 Å². The van der Waals surface area contributed by atoms with Gasteiger partial charge in [0.15, 0.2) is 0 Å². The second-order valence-electron chi connectivity index (χ2n) is 10.1. The van der Waals surface area contributed by atoms with Crippen molar-refractivity contribution >= 4 is 0 Å². The Labute approximate surface area is 184 Å². The maximum absolute atomic E-state index is 2.66. The SMILES string of the molecule is CCCCCC(=CCCCC(C)=C(C)CC)C(C=C(C)C1C(C)C(C)C1C)CC. The van der Waals surface area contributed by atoms with Crippen LogP contribution < -0.4 is 0 Å². The van der Waals surface area contributed by atoms with Gasteiger partial charge in [-0.3, -0.25) is 0 Å². The molecule has 0 bridgehead atoms. The van der Waals surface area contributed by atoms with Crippen LogP contribution in [-0.2, 0) is 0 Å². The summed E-state index contributed by atoms with van der Waals surface area (Å²) in [6.45, 7) is 21.4.